The smallest absolute Gasteiger partial charge is 0.254 e. The topological polar surface area (TPSA) is 58.4 Å². The van der Waals surface area contributed by atoms with Crippen LogP contribution in [0.2, 0.25) is 0 Å². The average Bonchev–Trinajstić information content (AvgIpc) is 2.94. The molecule has 0 radical (unpaired) electrons. The molecule has 0 unspecified atom stereocenters. The maximum Gasteiger partial charge on any atom is 0.254 e. The first-order valence-corrected chi connectivity index (χ1v) is 6.46. The van der Waals surface area contributed by atoms with E-state index in [0.717, 1.165) is 16.9 Å². The minimum absolute atomic E-state index is 0.0262. The Balaban J connectivity index is 1.95. The molecule has 0 saturated carbocycles. The molecule has 5 nitrogen and oxygen atoms in total. The van der Waals surface area contributed by atoms with Crippen LogP contribution in [-0.4, -0.2) is 44.7 Å². The number of imidazole rings is 1. The molecule has 0 spiro atoms. The fraction of sp³-hybridized carbons (Fsp3) is 0.429. The number of hydrogen-bond acceptors (Lipinski definition) is 3. The standard InChI is InChI=1S/C14H17N3O2/c1-9-15-12-7-10(3-4-13(12)16(9)2)14(19)17-6-5-11(18)8-17/h3-4,7,11,18H,5-6,8H2,1-2H3/t11-/m1/s1. The second kappa shape index (κ2) is 4.35. The van der Waals surface area contributed by atoms with Crippen molar-refractivity contribution in [1.82, 2.24) is 14.5 Å². The lowest BCUT2D eigenvalue weighted by Crippen LogP contribution is -2.29. The predicted octanol–water partition coefficient (Wildman–Crippen LogP) is 1.09. The molecule has 0 bridgehead atoms. The van der Waals surface area contributed by atoms with E-state index in [-0.39, 0.29) is 12.0 Å². The number of aliphatic hydroxyl groups is 1. The summed E-state index contributed by atoms with van der Waals surface area (Å²) in [5.74, 6) is 0.901. The molecule has 1 aliphatic rings. The largest absolute Gasteiger partial charge is 0.391 e. The summed E-state index contributed by atoms with van der Waals surface area (Å²) in [5, 5.41) is 9.50. The zero-order valence-corrected chi connectivity index (χ0v) is 11.1. The quantitative estimate of drug-likeness (QED) is 0.834. The molecule has 19 heavy (non-hydrogen) atoms. The van der Waals surface area contributed by atoms with Crippen molar-refractivity contribution < 1.29 is 9.90 Å². The Morgan fingerprint density at radius 2 is 2.26 bits per heavy atom. The van der Waals surface area contributed by atoms with Crippen molar-refractivity contribution in [2.24, 2.45) is 7.05 Å². The first-order valence-electron chi connectivity index (χ1n) is 6.46. The first kappa shape index (κ1) is 12.2. The number of hydrogen-bond donors (Lipinski definition) is 1. The lowest BCUT2D eigenvalue weighted by Gasteiger charge is -2.15. The van der Waals surface area contributed by atoms with Crippen LogP contribution in [0.25, 0.3) is 11.0 Å². The van der Waals surface area contributed by atoms with E-state index in [1.165, 1.54) is 0 Å². The van der Waals surface area contributed by atoms with Crippen LogP contribution in [0.15, 0.2) is 18.2 Å². The molecular weight excluding hydrogens is 242 g/mol. The van der Waals surface area contributed by atoms with Crippen molar-refractivity contribution in [3.05, 3.63) is 29.6 Å². The number of fused-ring (bicyclic) bond motifs is 1. The number of β-amino-alcohol motifs (C(OH)–C–C–N with tert-alkyl or cyclic N) is 1. The molecule has 1 aromatic carbocycles. The molecule has 1 aliphatic heterocycles. The second-order valence-electron chi connectivity index (χ2n) is 5.12. The number of carbonyl (C=O) groups excluding carboxylic acids is 1. The number of rotatable bonds is 1. The molecule has 1 N–H and O–H groups in total. The molecular formula is C14H17N3O2. The van der Waals surface area contributed by atoms with Gasteiger partial charge in [-0.1, -0.05) is 0 Å². The lowest BCUT2D eigenvalue weighted by atomic mass is 10.2. The molecule has 1 saturated heterocycles. The van der Waals surface area contributed by atoms with Crippen LogP contribution in [-0.2, 0) is 7.05 Å². The van der Waals surface area contributed by atoms with E-state index in [4.69, 9.17) is 0 Å². The minimum Gasteiger partial charge on any atom is -0.391 e. The molecule has 1 amide bonds. The van der Waals surface area contributed by atoms with Crippen molar-refractivity contribution in [2.75, 3.05) is 13.1 Å². The van der Waals surface area contributed by atoms with E-state index < -0.39 is 0 Å². The van der Waals surface area contributed by atoms with Crippen molar-refractivity contribution in [3.63, 3.8) is 0 Å². The van der Waals surface area contributed by atoms with Gasteiger partial charge in [0.2, 0.25) is 0 Å². The summed E-state index contributed by atoms with van der Waals surface area (Å²) in [5.41, 5.74) is 2.50. The van der Waals surface area contributed by atoms with Gasteiger partial charge in [0.05, 0.1) is 17.1 Å². The van der Waals surface area contributed by atoms with E-state index >= 15 is 0 Å². The maximum absolute atomic E-state index is 12.3. The van der Waals surface area contributed by atoms with Crippen LogP contribution in [0.1, 0.15) is 22.6 Å². The summed E-state index contributed by atoms with van der Waals surface area (Å²) in [6, 6.07) is 5.58. The van der Waals surface area contributed by atoms with Crippen LogP contribution in [0, 0.1) is 6.92 Å². The molecule has 2 aromatic rings. The first-order chi connectivity index (χ1) is 9.06. The molecule has 1 atom stereocenters. The number of likely N-dealkylation sites (tertiary alicyclic amines) is 1. The van der Waals surface area contributed by atoms with Gasteiger partial charge in [0, 0.05) is 25.7 Å². The van der Waals surface area contributed by atoms with Gasteiger partial charge in [-0.25, -0.2) is 4.98 Å². The SMILES string of the molecule is Cc1nc2cc(C(=O)N3CC[C@@H](O)C3)ccc2n1C. The van der Waals surface area contributed by atoms with Crippen LogP contribution in [0.4, 0.5) is 0 Å². The highest BCUT2D eigenvalue weighted by atomic mass is 16.3. The van der Waals surface area contributed by atoms with Gasteiger partial charge in [0.15, 0.2) is 0 Å². The van der Waals surface area contributed by atoms with Crippen LogP contribution in [0.3, 0.4) is 0 Å². The van der Waals surface area contributed by atoms with Gasteiger partial charge in [-0.2, -0.15) is 0 Å². The summed E-state index contributed by atoms with van der Waals surface area (Å²) < 4.78 is 2.00. The van der Waals surface area contributed by atoms with E-state index in [1.807, 2.05) is 36.7 Å². The zero-order chi connectivity index (χ0) is 13.6. The number of nitrogens with zero attached hydrogens (tertiary/aromatic N) is 3. The predicted molar refractivity (Wildman–Crippen MR) is 72.0 cm³/mol. The highest BCUT2D eigenvalue weighted by molar-refractivity contribution is 5.97. The number of aromatic nitrogens is 2. The molecule has 2 heterocycles. The molecule has 1 aromatic heterocycles. The molecule has 0 aliphatic carbocycles. The highest BCUT2D eigenvalue weighted by Crippen LogP contribution is 2.19. The van der Waals surface area contributed by atoms with Crippen LogP contribution < -0.4 is 0 Å². The Labute approximate surface area is 111 Å². The van der Waals surface area contributed by atoms with Gasteiger partial charge < -0.3 is 14.6 Å². The Kier molecular flexibility index (Phi) is 2.78. The van der Waals surface area contributed by atoms with Gasteiger partial charge in [0.25, 0.3) is 5.91 Å². The summed E-state index contributed by atoms with van der Waals surface area (Å²) in [4.78, 5) is 18.4. The third-order valence-electron chi connectivity index (χ3n) is 3.80. The third-order valence-corrected chi connectivity index (χ3v) is 3.80. The van der Waals surface area contributed by atoms with E-state index in [2.05, 4.69) is 4.98 Å². The monoisotopic (exact) mass is 259 g/mol. The average molecular weight is 259 g/mol. The van der Waals surface area contributed by atoms with E-state index in [1.54, 1.807) is 4.90 Å². The number of carbonyl (C=O) groups is 1. The fourth-order valence-corrected chi connectivity index (χ4v) is 2.56. The summed E-state index contributed by atoms with van der Waals surface area (Å²) >= 11 is 0. The second-order valence-corrected chi connectivity index (χ2v) is 5.12. The van der Waals surface area contributed by atoms with E-state index in [0.29, 0.717) is 25.1 Å². The van der Waals surface area contributed by atoms with Gasteiger partial charge in [-0.15, -0.1) is 0 Å². The van der Waals surface area contributed by atoms with Crippen molar-refractivity contribution in [2.45, 2.75) is 19.4 Å². The Morgan fingerprint density at radius 1 is 1.47 bits per heavy atom. The zero-order valence-electron chi connectivity index (χ0n) is 11.1. The molecule has 1 fully saturated rings. The van der Waals surface area contributed by atoms with Crippen molar-refractivity contribution in [3.8, 4) is 0 Å². The summed E-state index contributed by atoms with van der Waals surface area (Å²) in [7, 11) is 1.96. The summed E-state index contributed by atoms with van der Waals surface area (Å²) in [6.07, 6.45) is 0.279. The minimum atomic E-state index is -0.384. The van der Waals surface area contributed by atoms with Crippen molar-refractivity contribution >= 4 is 16.9 Å². The molecule has 100 valence electrons. The highest BCUT2D eigenvalue weighted by Gasteiger charge is 2.25. The fourth-order valence-electron chi connectivity index (χ4n) is 2.56. The molecule has 5 heteroatoms. The van der Waals surface area contributed by atoms with Gasteiger partial charge >= 0.3 is 0 Å². The summed E-state index contributed by atoms with van der Waals surface area (Å²) in [6.45, 7) is 3.00. The van der Waals surface area contributed by atoms with Crippen LogP contribution in [0.5, 0.6) is 0 Å². The maximum atomic E-state index is 12.3. The Bertz CT molecular complexity index is 647. The number of aryl methyl sites for hydroxylation is 2. The van der Waals surface area contributed by atoms with Gasteiger partial charge in [0.1, 0.15) is 5.82 Å². The van der Waals surface area contributed by atoms with Gasteiger partial charge in [-0.05, 0) is 31.5 Å². The molecule has 3 rings (SSSR count). The lowest BCUT2D eigenvalue weighted by molar-refractivity contribution is 0.0765. The Hall–Kier alpha value is -1.88. The van der Waals surface area contributed by atoms with E-state index in [9.17, 15) is 9.90 Å². The number of amides is 1. The van der Waals surface area contributed by atoms with Crippen LogP contribution >= 0.6 is 0 Å². The van der Waals surface area contributed by atoms with Gasteiger partial charge in [-0.3, -0.25) is 4.79 Å². The normalized spacial score (nSPS) is 19.3. The Morgan fingerprint density at radius 3 is 2.95 bits per heavy atom. The third kappa shape index (κ3) is 2.00. The number of benzene rings is 1. The van der Waals surface area contributed by atoms with Crippen molar-refractivity contribution in [1.29, 1.82) is 0 Å². The number of aliphatic hydroxyl groups excluding tert-OH is 1.